The standard InChI is InChI=1S/C23H18N4O5/c28-20-12-8-17(9-13-20)15-24-26-23(30)21(25-22(29)18-4-2-1-3-5-18)14-16-6-10-19(11-7-16)27(31)32/h1-15,28H,(H,25,29)(H,26,30)/b21-14-,24-15?. The van der Waals surface area contributed by atoms with Gasteiger partial charge in [0.2, 0.25) is 0 Å². The average Bonchev–Trinajstić information content (AvgIpc) is 2.80. The van der Waals surface area contributed by atoms with E-state index in [4.69, 9.17) is 0 Å². The highest BCUT2D eigenvalue weighted by Crippen LogP contribution is 2.14. The summed E-state index contributed by atoms with van der Waals surface area (Å²) in [6.07, 6.45) is 2.76. The zero-order valence-electron chi connectivity index (χ0n) is 16.6. The van der Waals surface area contributed by atoms with E-state index in [0.717, 1.165) is 0 Å². The predicted molar refractivity (Wildman–Crippen MR) is 119 cm³/mol. The predicted octanol–water partition coefficient (Wildman–Crippen LogP) is 3.22. The maximum atomic E-state index is 12.7. The number of non-ortho nitro benzene ring substituents is 1. The first-order valence-electron chi connectivity index (χ1n) is 9.37. The summed E-state index contributed by atoms with van der Waals surface area (Å²) in [7, 11) is 0. The van der Waals surface area contributed by atoms with Crippen molar-refractivity contribution in [3.8, 4) is 5.75 Å². The van der Waals surface area contributed by atoms with E-state index >= 15 is 0 Å². The lowest BCUT2D eigenvalue weighted by atomic mass is 10.1. The van der Waals surface area contributed by atoms with Crippen LogP contribution in [-0.2, 0) is 4.79 Å². The lowest BCUT2D eigenvalue weighted by molar-refractivity contribution is -0.384. The molecule has 0 aromatic heterocycles. The Morgan fingerprint density at radius 3 is 2.16 bits per heavy atom. The molecule has 160 valence electrons. The van der Waals surface area contributed by atoms with E-state index in [1.807, 2.05) is 0 Å². The van der Waals surface area contributed by atoms with Crippen molar-refractivity contribution >= 4 is 29.8 Å². The van der Waals surface area contributed by atoms with Crippen LogP contribution in [0.5, 0.6) is 5.75 Å². The van der Waals surface area contributed by atoms with E-state index in [0.29, 0.717) is 16.7 Å². The quantitative estimate of drug-likeness (QED) is 0.229. The molecule has 3 aromatic carbocycles. The Labute approximate surface area is 182 Å². The van der Waals surface area contributed by atoms with E-state index in [1.165, 1.54) is 48.7 Å². The minimum Gasteiger partial charge on any atom is -0.508 e. The highest BCUT2D eigenvalue weighted by atomic mass is 16.6. The molecule has 3 aromatic rings. The van der Waals surface area contributed by atoms with E-state index in [1.54, 1.807) is 42.5 Å². The van der Waals surface area contributed by atoms with Crippen molar-refractivity contribution in [2.24, 2.45) is 5.10 Å². The second-order valence-electron chi connectivity index (χ2n) is 6.52. The van der Waals surface area contributed by atoms with Gasteiger partial charge in [-0.25, -0.2) is 5.43 Å². The van der Waals surface area contributed by atoms with Gasteiger partial charge in [-0.3, -0.25) is 19.7 Å². The summed E-state index contributed by atoms with van der Waals surface area (Å²) in [5.41, 5.74) is 3.59. The van der Waals surface area contributed by atoms with Crippen molar-refractivity contribution in [2.45, 2.75) is 0 Å². The Morgan fingerprint density at radius 1 is 0.906 bits per heavy atom. The Bertz CT molecular complexity index is 1170. The van der Waals surface area contributed by atoms with Crippen LogP contribution in [0.15, 0.2) is 89.7 Å². The van der Waals surface area contributed by atoms with Crippen molar-refractivity contribution in [1.82, 2.24) is 10.7 Å². The zero-order valence-corrected chi connectivity index (χ0v) is 16.6. The first-order valence-corrected chi connectivity index (χ1v) is 9.37. The normalized spacial score (nSPS) is 11.2. The number of nitrogens with one attached hydrogen (secondary N) is 2. The first kappa shape index (κ1) is 21.9. The van der Waals surface area contributed by atoms with Crippen LogP contribution in [0.2, 0.25) is 0 Å². The SMILES string of the molecule is O=C(NN=Cc1ccc(O)cc1)/C(=C/c1ccc([N+](=O)[O-])cc1)NC(=O)c1ccccc1. The van der Waals surface area contributed by atoms with Crippen molar-refractivity contribution in [3.63, 3.8) is 0 Å². The number of hydrogen-bond acceptors (Lipinski definition) is 6. The van der Waals surface area contributed by atoms with E-state index in [2.05, 4.69) is 15.8 Å². The summed E-state index contributed by atoms with van der Waals surface area (Å²) in [6, 6.07) is 20.0. The number of amides is 2. The highest BCUT2D eigenvalue weighted by Gasteiger charge is 2.14. The van der Waals surface area contributed by atoms with Crippen LogP contribution in [-0.4, -0.2) is 28.1 Å². The van der Waals surface area contributed by atoms with Crippen LogP contribution >= 0.6 is 0 Å². The van der Waals surface area contributed by atoms with Crippen LogP contribution in [0.3, 0.4) is 0 Å². The number of nitro benzene ring substituents is 1. The molecule has 0 fully saturated rings. The zero-order chi connectivity index (χ0) is 22.9. The molecule has 3 rings (SSSR count). The minimum absolute atomic E-state index is 0.0972. The number of aromatic hydroxyl groups is 1. The maximum Gasteiger partial charge on any atom is 0.287 e. The van der Waals surface area contributed by atoms with E-state index < -0.39 is 16.7 Å². The molecule has 0 saturated heterocycles. The molecule has 0 aliphatic carbocycles. The minimum atomic E-state index is -0.692. The first-order chi connectivity index (χ1) is 15.4. The highest BCUT2D eigenvalue weighted by molar-refractivity contribution is 6.05. The second kappa shape index (κ2) is 10.3. The van der Waals surface area contributed by atoms with Gasteiger partial charge in [-0.2, -0.15) is 5.10 Å². The van der Waals surface area contributed by atoms with Gasteiger partial charge < -0.3 is 10.4 Å². The van der Waals surface area contributed by atoms with Gasteiger partial charge >= 0.3 is 0 Å². The number of nitrogens with zero attached hydrogens (tertiary/aromatic N) is 2. The van der Waals surface area contributed by atoms with Gasteiger partial charge in [0.05, 0.1) is 11.1 Å². The molecule has 0 saturated carbocycles. The van der Waals surface area contributed by atoms with Gasteiger partial charge in [0.25, 0.3) is 17.5 Å². The van der Waals surface area contributed by atoms with Crippen molar-refractivity contribution in [2.75, 3.05) is 0 Å². The number of carbonyl (C=O) groups excluding carboxylic acids is 2. The number of phenols is 1. The molecule has 0 aliphatic rings. The van der Waals surface area contributed by atoms with Crippen LogP contribution in [0.1, 0.15) is 21.5 Å². The number of rotatable bonds is 7. The fourth-order valence-electron chi connectivity index (χ4n) is 2.59. The largest absolute Gasteiger partial charge is 0.508 e. The van der Waals surface area contributed by atoms with Crippen molar-refractivity contribution in [3.05, 3.63) is 111 Å². The molecule has 0 bridgehead atoms. The third-order valence-corrected chi connectivity index (χ3v) is 4.22. The van der Waals surface area contributed by atoms with Crippen LogP contribution < -0.4 is 10.7 Å². The Morgan fingerprint density at radius 2 is 1.53 bits per heavy atom. The van der Waals surface area contributed by atoms with E-state index in [9.17, 15) is 24.8 Å². The molecule has 0 unspecified atom stereocenters. The summed E-state index contributed by atoms with van der Waals surface area (Å²) >= 11 is 0. The van der Waals surface area contributed by atoms with Gasteiger partial charge in [0.1, 0.15) is 11.4 Å². The van der Waals surface area contributed by atoms with Gasteiger partial charge in [-0.1, -0.05) is 18.2 Å². The molecular formula is C23H18N4O5. The number of hydrogen-bond donors (Lipinski definition) is 3. The van der Waals surface area contributed by atoms with Gasteiger partial charge in [0.15, 0.2) is 0 Å². The fraction of sp³-hybridized carbons (Fsp3) is 0. The smallest absolute Gasteiger partial charge is 0.287 e. The third kappa shape index (κ3) is 6.10. The lowest BCUT2D eigenvalue weighted by Crippen LogP contribution is -2.32. The molecule has 2 amide bonds. The van der Waals surface area contributed by atoms with Gasteiger partial charge in [0, 0.05) is 17.7 Å². The number of phenolic OH excluding ortho intramolecular Hbond substituents is 1. The summed E-state index contributed by atoms with van der Waals surface area (Å²) in [4.78, 5) is 35.5. The Balaban J connectivity index is 1.81. The number of hydrazone groups is 1. The number of carbonyl (C=O) groups is 2. The summed E-state index contributed by atoms with van der Waals surface area (Å²) < 4.78 is 0. The number of benzene rings is 3. The molecule has 0 radical (unpaired) electrons. The molecular weight excluding hydrogens is 412 g/mol. The lowest BCUT2D eigenvalue weighted by Gasteiger charge is -2.09. The van der Waals surface area contributed by atoms with Crippen molar-refractivity contribution in [1.29, 1.82) is 0 Å². The van der Waals surface area contributed by atoms with Crippen molar-refractivity contribution < 1.29 is 19.6 Å². The topological polar surface area (TPSA) is 134 Å². The van der Waals surface area contributed by atoms with Gasteiger partial charge in [-0.05, 0) is 65.7 Å². The van der Waals surface area contributed by atoms with Crippen LogP contribution in [0, 0.1) is 10.1 Å². The number of nitro groups is 1. The van der Waals surface area contributed by atoms with Gasteiger partial charge in [-0.15, -0.1) is 0 Å². The molecule has 9 nitrogen and oxygen atoms in total. The molecule has 32 heavy (non-hydrogen) atoms. The van der Waals surface area contributed by atoms with Crippen LogP contribution in [0.4, 0.5) is 5.69 Å². The average molecular weight is 430 g/mol. The third-order valence-electron chi connectivity index (χ3n) is 4.22. The van der Waals surface area contributed by atoms with Crippen LogP contribution in [0.25, 0.3) is 6.08 Å². The Kier molecular flexibility index (Phi) is 7.05. The molecule has 0 aliphatic heterocycles. The second-order valence-corrected chi connectivity index (χ2v) is 6.52. The maximum absolute atomic E-state index is 12.7. The summed E-state index contributed by atoms with van der Waals surface area (Å²) in [6.45, 7) is 0. The monoisotopic (exact) mass is 430 g/mol. The summed E-state index contributed by atoms with van der Waals surface area (Å²) in [5, 5.41) is 26.6. The summed E-state index contributed by atoms with van der Waals surface area (Å²) in [5.74, 6) is -1.10. The molecule has 9 heteroatoms. The fourth-order valence-corrected chi connectivity index (χ4v) is 2.59. The molecule has 0 spiro atoms. The Hall–Kier alpha value is -4.79. The van der Waals surface area contributed by atoms with E-state index in [-0.39, 0.29) is 17.1 Å². The molecule has 0 atom stereocenters. The molecule has 0 heterocycles. The molecule has 3 N–H and O–H groups in total.